The third-order valence-corrected chi connectivity index (χ3v) is 5.24. The largest absolute Gasteiger partial charge is 0.367 e. The lowest BCUT2D eigenvalue weighted by Gasteiger charge is -2.22. The smallest absolute Gasteiger partial charge is 0.137 e. The second-order valence-electron chi connectivity index (χ2n) is 8.77. The molecule has 0 unspecified atom stereocenters. The van der Waals surface area contributed by atoms with Crippen molar-refractivity contribution in [3.05, 3.63) is 58.4 Å². The number of rotatable bonds is 5. The van der Waals surface area contributed by atoms with Crippen molar-refractivity contribution in [3.63, 3.8) is 0 Å². The summed E-state index contributed by atoms with van der Waals surface area (Å²) in [7, 11) is 0. The molecular weight excluding hydrogens is 320 g/mol. The number of aromatic nitrogens is 1. The minimum absolute atomic E-state index is 0.0525. The van der Waals surface area contributed by atoms with Crippen molar-refractivity contribution in [3.8, 4) is 0 Å². The lowest BCUT2D eigenvalue weighted by atomic mass is 9.86. The van der Waals surface area contributed by atoms with Crippen LogP contribution in [0.3, 0.4) is 0 Å². The van der Waals surface area contributed by atoms with Gasteiger partial charge in [-0.3, -0.25) is 9.78 Å². The van der Waals surface area contributed by atoms with Crippen LogP contribution in [0.25, 0.3) is 0 Å². The predicted molar refractivity (Wildman–Crippen MR) is 108 cm³/mol. The van der Waals surface area contributed by atoms with E-state index >= 15 is 0 Å². The lowest BCUT2D eigenvalue weighted by Crippen LogP contribution is -2.20. The molecule has 138 valence electrons. The van der Waals surface area contributed by atoms with Crippen molar-refractivity contribution < 1.29 is 4.79 Å². The minimum Gasteiger partial charge on any atom is -0.367 e. The molecule has 1 aliphatic rings. The van der Waals surface area contributed by atoms with E-state index in [0.29, 0.717) is 18.6 Å². The number of fused-ring (bicyclic) bond motifs is 1. The zero-order valence-corrected chi connectivity index (χ0v) is 16.7. The number of anilines is 1. The van der Waals surface area contributed by atoms with E-state index in [-0.39, 0.29) is 5.41 Å². The van der Waals surface area contributed by atoms with Crippen LogP contribution in [0.4, 0.5) is 5.69 Å². The van der Waals surface area contributed by atoms with Gasteiger partial charge >= 0.3 is 0 Å². The van der Waals surface area contributed by atoms with Gasteiger partial charge in [0.2, 0.25) is 0 Å². The SMILES string of the molecule is Cc1cc2c(c(C)c1CC(=O)CC(C)(C)C)CCN2Cc1ccncc1. The molecule has 0 spiro atoms. The Morgan fingerprint density at radius 3 is 2.54 bits per heavy atom. The highest BCUT2D eigenvalue weighted by atomic mass is 16.1. The summed E-state index contributed by atoms with van der Waals surface area (Å²) in [6.45, 7) is 12.7. The maximum Gasteiger partial charge on any atom is 0.137 e. The van der Waals surface area contributed by atoms with Crippen molar-refractivity contribution in [1.82, 2.24) is 4.98 Å². The van der Waals surface area contributed by atoms with Crippen molar-refractivity contribution in [2.75, 3.05) is 11.4 Å². The first kappa shape index (κ1) is 18.6. The fourth-order valence-electron chi connectivity index (χ4n) is 4.01. The van der Waals surface area contributed by atoms with Crippen LogP contribution in [0.2, 0.25) is 0 Å². The maximum absolute atomic E-state index is 12.5. The number of carbonyl (C=O) groups is 1. The zero-order valence-electron chi connectivity index (χ0n) is 16.7. The van der Waals surface area contributed by atoms with Crippen LogP contribution in [0.1, 0.15) is 55.0 Å². The Balaban J connectivity index is 1.83. The molecule has 0 aliphatic carbocycles. The first-order valence-electron chi connectivity index (χ1n) is 9.52. The van der Waals surface area contributed by atoms with Gasteiger partial charge in [0.1, 0.15) is 5.78 Å². The van der Waals surface area contributed by atoms with E-state index in [0.717, 1.165) is 19.5 Å². The Bertz CT molecular complexity index is 803. The standard InChI is InChI=1S/C23H30N2O/c1-16-12-22-20(8-11-25(22)15-18-6-9-24-10-7-18)17(2)21(16)13-19(26)14-23(3,4)5/h6-7,9-10,12H,8,11,13-15H2,1-5H3. The number of nitrogens with zero attached hydrogens (tertiary/aromatic N) is 2. The number of aryl methyl sites for hydroxylation is 1. The molecule has 1 aliphatic heterocycles. The number of hydrogen-bond acceptors (Lipinski definition) is 3. The first-order valence-corrected chi connectivity index (χ1v) is 9.52. The van der Waals surface area contributed by atoms with Gasteiger partial charge in [-0.25, -0.2) is 0 Å². The van der Waals surface area contributed by atoms with Gasteiger partial charge in [-0.2, -0.15) is 0 Å². The summed E-state index contributed by atoms with van der Waals surface area (Å²) in [5.74, 6) is 0.343. The van der Waals surface area contributed by atoms with Crippen molar-refractivity contribution in [1.29, 1.82) is 0 Å². The number of Topliss-reactive ketones (excluding diaryl/α,β-unsaturated/α-hetero) is 1. The van der Waals surface area contributed by atoms with Gasteiger partial charge in [0.05, 0.1) is 0 Å². The van der Waals surface area contributed by atoms with Crippen molar-refractivity contribution in [2.24, 2.45) is 5.41 Å². The first-order chi connectivity index (χ1) is 12.2. The molecule has 3 rings (SSSR count). The van der Waals surface area contributed by atoms with Gasteiger partial charge in [0.25, 0.3) is 0 Å². The molecule has 0 radical (unpaired) electrons. The summed E-state index contributed by atoms with van der Waals surface area (Å²) in [4.78, 5) is 19.1. The van der Waals surface area contributed by atoms with Crippen LogP contribution in [0.5, 0.6) is 0 Å². The van der Waals surface area contributed by atoms with Crippen LogP contribution >= 0.6 is 0 Å². The van der Waals surface area contributed by atoms with E-state index in [1.54, 1.807) is 0 Å². The third-order valence-electron chi connectivity index (χ3n) is 5.24. The van der Waals surface area contributed by atoms with Crippen LogP contribution in [0.15, 0.2) is 30.6 Å². The molecule has 1 aromatic carbocycles. The maximum atomic E-state index is 12.5. The summed E-state index contributed by atoms with van der Waals surface area (Å²) in [5, 5.41) is 0. The van der Waals surface area contributed by atoms with Crippen molar-refractivity contribution in [2.45, 2.75) is 60.4 Å². The Hall–Kier alpha value is -2.16. The molecular formula is C23H30N2O. The molecule has 0 fully saturated rings. The number of pyridine rings is 1. The molecule has 0 N–H and O–H groups in total. The van der Waals surface area contributed by atoms with Crippen LogP contribution in [-0.2, 0) is 24.2 Å². The van der Waals surface area contributed by atoms with E-state index in [4.69, 9.17) is 0 Å². The average Bonchev–Trinajstić information content (AvgIpc) is 2.93. The number of ketones is 1. The summed E-state index contributed by atoms with van der Waals surface area (Å²) >= 11 is 0. The molecule has 26 heavy (non-hydrogen) atoms. The molecule has 3 heteroatoms. The zero-order chi connectivity index (χ0) is 18.9. The predicted octanol–water partition coefficient (Wildman–Crippen LogP) is 4.81. The highest BCUT2D eigenvalue weighted by molar-refractivity contribution is 5.83. The number of hydrogen-bond donors (Lipinski definition) is 0. The van der Waals surface area contributed by atoms with Gasteiger partial charge < -0.3 is 4.90 Å². The molecule has 1 aromatic heterocycles. The molecule has 3 nitrogen and oxygen atoms in total. The van der Waals surface area contributed by atoms with E-state index in [2.05, 4.69) is 62.7 Å². The molecule has 2 aromatic rings. The number of carbonyl (C=O) groups excluding carboxylic acids is 1. The fourth-order valence-corrected chi connectivity index (χ4v) is 4.01. The third kappa shape index (κ3) is 4.14. The Morgan fingerprint density at radius 1 is 1.19 bits per heavy atom. The molecule has 0 bridgehead atoms. The molecule has 0 saturated heterocycles. The Labute approximate surface area is 157 Å². The number of benzene rings is 1. The topological polar surface area (TPSA) is 33.2 Å². The van der Waals surface area contributed by atoms with Crippen LogP contribution in [0, 0.1) is 19.3 Å². The lowest BCUT2D eigenvalue weighted by molar-refractivity contribution is -0.120. The molecule has 0 saturated carbocycles. The second kappa shape index (κ2) is 7.22. The molecule has 2 heterocycles. The normalized spacial score (nSPS) is 13.8. The van der Waals surface area contributed by atoms with Gasteiger partial charge in [-0.15, -0.1) is 0 Å². The molecule has 0 amide bonds. The Kier molecular flexibility index (Phi) is 5.17. The minimum atomic E-state index is 0.0525. The van der Waals surface area contributed by atoms with Crippen LogP contribution in [-0.4, -0.2) is 17.3 Å². The van der Waals surface area contributed by atoms with E-state index in [9.17, 15) is 4.79 Å². The van der Waals surface area contributed by atoms with Gasteiger partial charge in [-0.05, 0) is 71.7 Å². The van der Waals surface area contributed by atoms with Crippen LogP contribution < -0.4 is 4.90 Å². The summed E-state index contributed by atoms with van der Waals surface area (Å²) in [6, 6.07) is 6.45. The average molecular weight is 351 g/mol. The summed E-state index contributed by atoms with van der Waals surface area (Å²) in [6.07, 6.45) is 5.97. The second-order valence-corrected chi connectivity index (χ2v) is 8.77. The summed E-state index contributed by atoms with van der Waals surface area (Å²) < 4.78 is 0. The van der Waals surface area contributed by atoms with E-state index in [1.165, 1.54) is 33.5 Å². The van der Waals surface area contributed by atoms with Gasteiger partial charge in [0.15, 0.2) is 0 Å². The molecule has 0 atom stereocenters. The van der Waals surface area contributed by atoms with E-state index < -0.39 is 0 Å². The van der Waals surface area contributed by atoms with Crippen molar-refractivity contribution >= 4 is 11.5 Å². The quantitative estimate of drug-likeness (QED) is 0.776. The fraction of sp³-hybridized carbons (Fsp3) is 0.478. The van der Waals surface area contributed by atoms with E-state index in [1.807, 2.05) is 12.4 Å². The highest BCUT2D eigenvalue weighted by Gasteiger charge is 2.25. The monoisotopic (exact) mass is 350 g/mol. The Morgan fingerprint density at radius 2 is 1.88 bits per heavy atom. The van der Waals surface area contributed by atoms with Gasteiger partial charge in [-0.1, -0.05) is 20.8 Å². The highest BCUT2D eigenvalue weighted by Crippen LogP contribution is 2.36. The van der Waals surface area contributed by atoms with Gasteiger partial charge in [0, 0.05) is 44.0 Å². The summed E-state index contributed by atoms with van der Waals surface area (Å²) in [5.41, 5.74) is 7.89.